The van der Waals surface area contributed by atoms with Crippen molar-refractivity contribution in [2.75, 3.05) is 27.2 Å². The molecule has 1 aliphatic heterocycles. The van der Waals surface area contributed by atoms with Crippen molar-refractivity contribution in [3.63, 3.8) is 0 Å². The minimum absolute atomic E-state index is 0.0295. The van der Waals surface area contributed by atoms with Crippen molar-refractivity contribution < 1.29 is 4.79 Å². The third-order valence-electron chi connectivity index (χ3n) is 2.77. The van der Waals surface area contributed by atoms with Crippen LogP contribution in [-0.4, -0.2) is 55.0 Å². The monoisotopic (exact) mass is 213 g/mol. The van der Waals surface area contributed by atoms with Gasteiger partial charge in [-0.3, -0.25) is 4.79 Å². The maximum atomic E-state index is 11.9. The molecule has 0 bridgehead atoms. The first-order valence-corrected chi connectivity index (χ1v) is 5.70. The van der Waals surface area contributed by atoms with Gasteiger partial charge in [-0.1, -0.05) is 0 Å². The number of likely N-dealkylation sites (N-methyl/N-ethyl adjacent to an activating group) is 1. The van der Waals surface area contributed by atoms with Gasteiger partial charge in [-0.15, -0.1) is 0 Å². The Morgan fingerprint density at radius 2 is 2.27 bits per heavy atom. The van der Waals surface area contributed by atoms with E-state index in [4.69, 9.17) is 5.73 Å². The molecule has 1 amide bonds. The Morgan fingerprint density at radius 1 is 1.60 bits per heavy atom. The first-order valence-electron chi connectivity index (χ1n) is 5.70. The molecule has 0 saturated carbocycles. The molecule has 1 rings (SSSR count). The average molecular weight is 213 g/mol. The predicted molar refractivity (Wildman–Crippen MR) is 61.6 cm³/mol. The lowest BCUT2D eigenvalue weighted by molar-refractivity contribution is -0.132. The Morgan fingerprint density at radius 3 is 2.80 bits per heavy atom. The molecule has 4 nitrogen and oxygen atoms in total. The van der Waals surface area contributed by atoms with E-state index >= 15 is 0 Å². The number of nitrogens with zero attached hydrogens (tertiary/aromatic N) is 2. The second-order valence-electron chi connectivity index (χ2n) is 4.83. The van der Waals surface area contributed by atoms with Crippen LogP contribution in [0.2, 0.25) is 0 Å². The van der Waals surface area contributed by atoms with Crippen LogP contribution in [0.15, 0.2) is 0 Å². The number of rotatable bonds is 4. The van der Waals surface area contributed by atoms with E-state index in [0.29, 0.717) is 12.5 Å². The normalized spacial score (nSPS) is 23.5. The predicted octanol–water partition coefficient (Wildman–Crippen LogP) is 0.276. The summed E-state index contributed by atoms with van der Waals surface area (Å²) in [5, 5.41) is 0. The molecule has 15 heavy (non-hydrogen) atoms. The van der Waals surface area contributed by atoms with E-state index in [1.807, 2.05) is 25.9 Å². The van der Waals surface area contributed by atoms with Crippen molar-refractivity contribution in [2.45, 2.75) is 38.3 Å². The molecule has 0 aromatic carbocycles. The van der Waals surface area contributed by atoms with Crippen molar-refractivity contribution in [1.29, 1.82) is 0 Å². The van der Waals surface area contributed by atoms with Gasteiger partial charge in [0.25, 0.3) is 0 Å². The van der Waals surface area contributed by atoms with Crippen molar-refractivity contribution >= 4 is 5.91 Å². The van der Waals surface area contributed by atoms with Crippen LogP contribution in [0.1, 0.15) is 26.2 Å². The Balaban J connectivity index is 2.48. The molecule has 1 heterocycles. The van der Waals surface area contributed by atoms with Crippen molar-refractivity contribution in [2.24, 2.45) is 5.73 Å². The first kappa shape index (κ1) is 12.5. The standard InChI is InChI=1S/C11H23N3O/c1-9(12)7-11(15)14-6-4-5-10(14)8-13(2)3/h9-10H,4-8,12H2,1-3H3. The highest BCUT2D eigenvalue weighted by Crippen LogP contribution is 2.18. The van der Waals surface area contributed by atoms with Gasteiger partial charge in [0.1, 0.15) is 0 Å². The van der Waals surface area contributed by atoms with Crippen molar-refractivity contribution in [3.05, 3.63) is 0 Å². The van der Waals surface area contributed by atoms with E-state index in [1.54, 1.807) is 0 Å². The zero-order valence-corrected chi connectivity index (χ0v) is 10.1. The Kier molecular flexibility index (Phi) is 4.54. The van der Waals surface area contributed by atoms with Crippen LogP contribution in [0.4, 0.5) is 0 Å². The number of carbonyl (C=O) groups excluding carboxylic acids is 1. The van der Waals surface area contributed by atoms with Gasteiger partial charge in [0.05, 0.1) is 0 Å². The number of nitrogens with two attached hydrogens (primary N) is 1. The van der Waals surface area contributed by atoms with Gasteiger partial charge in [0.15, 0.2) is 0 Å². The first-order chi connectivity index (χ1) is 7.00. The molecule has 0 aromatic rings. The van der Waals surface area contributed by atoms with Crippen LogP contribution in [0.5, 0.6) is 0 Å². The van der Waals surface area contributed by atoms with E-state index in [-0.39, 0.29) is 11.9 Å². The summed E-state index contributed by atoms with van der Waals surface area (Å²) in [5.41, 5.74) is 5.65. The molecule has 0 aliphatic carbocycles. The van der Waals surface area contributed by atoms with Crippen LogP contribution in [0.25, 0.3) is 0 Å². The molecule has 2 atom stereocenters. The second-order valence-corrected chi connectivity index (χ2v) is 4.83. The van der Waals surface area contributed by atoms with Gasteiger partial charge in [-0.05, 0) is 33.9 Å². The highest BCUT2D eigenvalue weighted by atomic mass is 16.2. The summed E-state index contributed by atoms with van der Waals surface area (Å²) in [6.45, 7) is 3.75. The highest BCUT2D eigenvalue weighted by Gasteiger charge is 2.28. The van der Waals surface area contributed by atoms with Crippen LogP contribution >= 0.6 is 0 Å². The molecule has 1 fully saturated rings. The topological polar surface area (TPSA) is 49.6 Å². The molecule has 2 N–H and O–H groups in total. The number of amides is 1. The Labute approximate surface area is 92.4 Å². The van der Waals surface area contributed by atoms with Crippen LogP contribution in [-0.2, 0) is 4.79 Å². The molecular weight excluding hydrogens is 190 g/mol. The second kappa shape index (κ2) is 5.47. The van der Waals surface area contributed by atoms with Crippen LogP contribution in [0.3, 0.4) is 0 Å². The molecule has 2 unspecified atom stereocenters. The number of likely N-dealkylation sites (tertiary alicyclic amines) is 1. The zero-order valence-electron chi connectivity index (χ0n) is 10.1. The van der Waals surface area contributed by atoms with Crippen LogP contribution in [0, 0.1) is 0 Å². The minimum atomic E-state index is -0.0295. The lowest BCUT2D eigenvalue weighted by atomic mass is 10.2. The molecule has 0 radical (unpaired) electrons. The Bertz CT molecular complexity index is 216. The maximum Gasteiger partial charge on any atom is 0.224 e. The molecule has 1 saturated heterocycles. The molecular formula is C11H23N3O. The number of carbonyl (C=O) groups is 1. The molecule has 0 aromatic heterocycles. The lowest BCUT2D eigenvalue weighted by Gasteiger charge is -2.27. The smallest absolute Gasteiger partial charge is 0.224 e. The third-order valence-corrected chi connectivity index (χ3v) is 2.77. The fourth-order valence-electron chi connectivity index (χ4n) is 2.17. The summed E-state index contributed by atoms with van der Waals surface area (Å²) in [7, 11) is 4.10. The summed E-state index contributed by atoms with van der Waals surface area (Å²) >= 11 is 0. The molecule has 4 heteroatoms. The van der Waals surface area contributed by atoms with E-state index in [0.717, 1.165) is 25.9 Å². The van der Waals surface area contributed by atoms with Gasteiger partial charge < -0.3 is 15.5 Å². The molecule has 1 aliphatic rings. The summed E-state index contributed by atoms with van der Waals surface area (Å²) in [6, 6.07) is 0.365. The highest BCUT2D eigenvalue weighted by molar-refractivity contribution is 5.77. The van der Waals surface area contributed by atoms with E-state index in [2.05, 4.69) is 4.90 Å². The fourth-order valence-corrected chi connectivity index (χ4v) is 2.17. The summed E-state index contributed by atoms with van der Waals surface area (Å²) in [6.07, 6.45) is 2.73. The molecule has 0 spiro atoms. The van der Waals surface area contributed by atoms with Gasteiger partial charge in [0, 0.05) is 31.6 Å². The largest absolute Gasteiger partial charge is 0.338 e. The van der Waals surface area contributed by atoms with Crippen LogP contribution < -0.4 is 5.73 Å². The SMILES string of the molecule is CC(N)CC(=O)N1CCCC1CN(C)C. The number of hydrogen-bond donors (Lipinski definition) is 1. The van der Waals surface area contributed by atoms with Gasteiger partial charge in [0.2, 0.25) is 5.91 Å². The average Bonchev–Trinajstić information content (AvgIpc) is 2.49. The fraction of sp³-hybridized carbons (Fsp3) is 0.909. The van der Waals surface area contributed by atoms with E-state index in [1.165, 1.54) is 0 Å². The minimum Gasteiger partial charge on any atom is -0.338 e. The number of hydrogen-bond acceptors (Lipinski definition) is 3. The van der Waals surface area contributed by atoms with E-state index < -0.39 is 0 Å². The van der Waals surface area contributed by atoms with Crippen molar-refractivity contribution in [3.8, 4) is 0 Å². The lowest BCUT2D eigenvalue weighted by Crippen LogP contribution is -2.42. The third kappa shape index (κ3) is 3.80. The summed E-state index contributed by atoms with van der Waals surface area (Å²) in [4.78, 5) is 16.0. The van der Waals surface area contributed by atoms with Gasteiger partial charge >= 0.3 is 0 Å². The van der Waals surface area contributed by atoms with E-state index in [9.17, 15) is 4.79 Å². The summed E-state index contributed by atoms with van der Waals surface area (Å²) < 4.78 is 0. The summed E-state index contributed by atoms with van der Waals surface area (Å²) in [5.74, 6) is 0.217. The quantitative estimate of drug-likeness (QED) is 0.729. The van der Waals surface area contributed by atoms with Gasteiger partial charge in [-0.25, -0.2) is 0 Å². The van der Waals surface area contributed by atoms with Crippen molar-refractivity contribution in [1.82, 2.24) is 9.80 Å². The maximum absolute atomic E-state index is 11.9. The molecule has 88 valence electrons. The zero-order chi connectivity index (χ0) is 11.4. The Hall–Kier alpha value is -0.610. The van der Waals surface area contributed by atoms with Gasteiger partial charge in [-0.2, -0.15) is 0 Å².